The van der Waals surface area contributed by atoms with Crippen LogP contribution in [0.25, 0.3) is 0 Å². The Morgan fingerprint density at radius 1 is 1.42 bits per heavy atom. The summed E-state index contributed by atoms with van der Waals surface area (Å²) in [5.74, 6) is 4.26. The molecule has 0 saturated carbocycles. The van der Waals surface area contributed by atoms with Crippen LogP contribution in [0, 0.1) is 3.57 Å². The van der Waals surface area contributed by atoms with Crippen LogP contribution in [-0.2, 0) is 6.42 Å². The summed E-state index contributed by atoms with van der Waals surface area (Å²) in [7, 11) is 2.17. The Morgan fingerprint density at radius 2 is 2.21 bits per heavy atom. The molecule has 6 heteroatoms. The Morgan fingerprint density at radius 3 is 2.84 bits per heavy atom. The third-order valence-electron chi connectivity index (χ3n) is 3.31. The molecule has 1 aromatic rings. The van der Waals surface area contributed by atoms with Gasteiger partial charge in [0.2, 0.25) is 0 Å². The van der Waals surface area contributed by atoms with Crippen LogP contribution >= 0.6 is 34.4 Å². The molecule has 2 rings (SSSR count). The van der Waals surface area contributed by atoms with Crippen LogP contribution in [0.15, 0.2) is 0 Å². The molecule has 0 aliphatic carbocycles. The second-order valence-corrected chi connectivity index (χ2v) is 6.87. The Labute approximate surface area is 133 Å². The van der Waals surface area contributed by atoms with Gasteiger partial charge in [0.25, 0.3) is 0 Å². The standard InChI is InChI=1S/C13H21IN4S/c1-4-9-11(14)13(15-5-2)17-12(16-9)10-8-19-7-6-18(10)3/h10H,4-8H2,1-3H3,(H,15,16,17). The first-order valence-corrected chi connectivity index (χ1v) is 8.98. The zero-order chi connectivity index (χ0) is 13.8. The maximum atomic E-state index is 4.79. The highest BCUT2D eigenvalue weighted by Gasteiger charge is 2.25. The van der Waals surface area contributed by atoms with Crippen molar-refractivity contribution in [3.05, 3.63) is 15.1 Å². The van der Waals surface area contributed by atoms with E-state index in [1.165, 1.54) is 5.75 Å². The van der Waals surface area contributed by atoms with Crippen LogP contribution in [-0.4, -0.2) is 46.5 Å². The minimum atomic E-state index is 0.346. The van der Waals surface area contributed by atoms with E-state index in [0.29, 0.717) is 6.04 Å². The first-order valence-electron chi connectivity index (χ1n) is 6.75. The van der Waals surface area contributed by atoms with Crippen molar-refractivity contribution in [2.45, 2.75) is 26.3 Å². The summed E-state index contributed by atoms with van der Waals surface area (Å²) in [5, 5.41) is 3.36. The molecule has 0 aromatic carbocycles. The number of rotatable bonds is 4. The van der Waals surface area contributed by atoms with Crippen LogP contribution in [0.5, 0.6) is 0 Å². The minimum absolute atomic E-state index is 0.346. The van der Waals surface area contributed by atoms with Gasteiger partial charge in [-0.3, -0.25) is 4.90 Å². The fraction of sp³-hybridized carbons (Fsp3) is 0.692. The summed E-state index contributed by atoms with van der Waals surface area (Å²) >= 11 is 4.35. The molecule has 1 aliphatic heterocycles. The quantitative estimate of drug-likeness (QED) is 0.799. The van der Waals surface area contributed by atoms with Gasteiger partial charge >= 0.3 is 0 Å². The fourth-order valence-corrected chi connectivity index (χ4v) is 4.16. The summed E-state index contributed by atoms with van der Waals surface area (Å²) in [6.45, 7) is 6.27. The van der Waals surface area contributed by atoms with Crippen molar-refractivity contribution in [3.8, 4) is 0 Å². The molecule has 4 nitrogen and oxygen atoms in total. The molecule has 2 heterocycles. The van der Waals surface area contributed by atoms with Gasteiger partial charge in [-0.05, 0) is 43.0 Å². The number of aryl methyl sites for hydroxylation is 1. The van der Waals surface area contributed by atoms with E-state index in [2.05, 4.69) is 53.7 Å². The zero-order valence-electron chi connectivity index (χ0n) is 11.7. The van der Waals surface area contributed by atoms with Crippen molar-refractivity contribution < 1.29 is 0 Å². The van der Waals surface area contributed by atoms with E-state index < -0.39 is 0 Å². The number of thioether (sulfide) groups is 1. The lowest BCUT2D eigenvalue weighted by Gasteiger charge is -2.31. The molecule has 1 fully saturated rings. The van der Waals surface area contributed by atoms with Crippen molar-refractivity contribution in [2.24, 2.45) is 0 Å². The number of nitrogens with one attached hydrogen (secondary N) is 1. The van der Waals surface area contributed by atoms with Gasteiger partial charge in [-0.2, -0.15) is 11.8 Å². The molecule has 1 aromatic heterocycles. The van der Waals surface area contributed by atoms with Crippen molar-refractivity contribution in [2.75, 3.05) is 37.0 Å². The molecule has 0 spiro atoms. The number of aromatic nitrogens is 2. The largest absolute Gasteiger partial charge is 0.369 e. The molecule has 106 valence electrons. The zero-order valence-corrected chi connectivity index (χ0v) is 14.7. The smallest absolute Gasteiger partial charge is 0.149 e. The van der Waals surface area contributed by atoms with Gasteiger partial charge in [0, 0.05) is 24.6 Å². The van der Waals surface area contributed by atoms with Gasteiger partial charge in [-0.25, -0.2) is 9.97 Å². The molecule has 19 heavy (non-hydrogen) atoms. The third kappa shape index (κ3) is 3.52. The maximum absolute atomic E-state index is 4.79. The predicted octanol–water partition coefficient (Wildman–Crippen LogP) is 2.80. The van der Waals surface area contributed by atoms with E-state index in [-0.39, 0.29) is 0 Å². The number of anilines is 1. The Balaban J connectivity index is 2.36. The van der Waals surface area contributed by atoms with Gasteiger partial charge in [0.05, 0.1) is 15.3 Å². The molecular weight excluding hydrogens is 371 g/mol. The number of nitrogens with zero attached hydrogens (tertiary/aromatic N) is 3. The molecule has 1 unspecified atom stereocenters. The molecule has 1 atom stereocenters. The molecule has 1 aliphatic rings. The second kappa shape index (κ2) is 7.08. The predicted molar refractivity (Wildman–Crippen MR) is 91.0 cm³/mol. The van der Waals surface area contributed by atoms with Crippen LogP contribution in [0.4, 0.5) is 5.82 Å². The summed E-state index contributed by atoms with van der Waals surface area (Å²) in [6.07, 6.45) is 0.954. The summed E-state index contributed by atoms with van der Waals surface area (Å²) in [4.78, 5) is 11.9. The number of hydrogen-bond donors (Lipinski definition) is 1. The topological polar surface area (TPSA) is 41.1 Å². The van der Waals surface area contributed by atoms with E-state index in [1.54, 1.807) is 0 Å². The van der Waals surface area contributed by atoms with Crippen LogP contribution in [0.3, 0.4) is 0 Å². The lowest BCUT2D eigenvalue weighted by Crippen LogP contribution is -2.34. The van der Waals surface area contributed by atoms with Gasteiger partial charge in [-0.15, -0.1) is 0 Å². The normalized spacial score (nSPS) is 20.5. The highest BCUT2D eigenvalue weighted by atomic mass is 127. The summed E-state index contributed by atoms with van der Waals surface area (Å²) < 4.78 is 1.16. The molecule has 1 saturated heterocycles. The van der Waals surface area contributed by atoms with Gasteiger partial charge in [-0.1, -0.05) is 6.92 Å². The monoisotopic (exact) mass is 392 g/mol. The van der Waals surface area contributed by atoms with Crippen molar-refractivity contribution >= 4 is 40.2 Å². The lowest BCUT2D eigenvalue weighted by molar-refractivity contribution is 0.264. The highest BCUT2D eigenvalue weighted by Crippen LogP contribution is 2.29. The third-order valence-corrected chi connectivity index (χ3v) is 5.47. The first kappa shape index (κ1) is 15.3. The van der Waals surface area contributed by atoms with Crippen LogP contribution < -0.4 is 5.32 Å². The highest BCUT2D eigenvalue weighted by molar-refractivity contribution is 14.1. The second-order valence-electron chi connectivity index (χ2n) is 4.65. The minimum Gasteiger partial charge on any atom is -0.369 e. The molecule has 0 bridgehead atoms. The molecule has 0 amide bonds. The van der Waals surface area contributed by atoms with Crippen molar-refractivity contribution in [3.63, 3.8) is 0 Å². The van der Waals surface area contributed by atoms with Crippen LogP contribution in [0.2, 0.25) is 0 Å². The van der Waals surface area contributed by atoms with Crippen LogP contribution in [0.1, 0.15) is 31.4 Å². The van der Waals surface area contributed by atoms with E-state index >= 15 is 0 Å². The average Bonchev–Trinajstić information content (AvgIpc) is 2.42. The van der Waals surface area contributed by atoms with Crippen molar-refractivity contribution in [1.82, 2.24) is 14.9 Å². The first-order chi connectivity index (χ1) is 9.17. The van der Waals surface area contributed by atoms with E-state index in [1.807, 2.05) is 11.8 Å². The molecule has 1 N–H and O–H groups in total. The maximum Gasteiger partial charge on any atom is 0.149 e. The average molecular weight is 392 g/mol. The summed E-state index contributed by atoms with van der Waals surface area (Å²) in [6, 6.07) is 0.346. The number of halogens is 1. The lowest BCUT2D eigenvalue weighted by atomic mass is 10.2. The van der Waals surface area contributed by atoms with E-state index in [0.717, 1.165) is 46.2 Å². The van der Waals surface area contributed by atoms with E-state index in [9.17, 15) is 0 Å². The number of hydrogen-bond acceptors (Lipinski definition) is 5. The van der Waals surface area contributed by atoms with Crippen molar-refractivity contribution in [1.29, 1.82) is 0 Å². The molecular formula is C13H21IN4S. The van der Waals surface area contributed by atoms with E-state index in [4.69, 9.17) is 9.97 Å². The molecule has 0 radical (unpaired) electrons. The summed E-state index contributed by atoms with van der Waals surface area (Å²) in [5.41, 5.74) is 1.16. The van der Waals surface area contributed by atoms with Gasteiger partial charge < -0.3 is 5.32 Å². The fourth-order valence-electron chi connectivity index (χ4n) is 2.14. The Hall–Kier alpha value is -0.0800. The van der Waals surface area contributed by atoms with Gasteiger partial charge in [0.15, 0.2) is 0 Å². The Kier molecular flexibility index (Phi) is 5.70. The Bertz CT molecular complexity index is 441. The SMILES string of the molecule is CCNc1nc(C2CSCCN2C)nc(CC)c1I. The van der Waals surface area contributed by atoms with Gasteiger partial charge in [0.1, 0.15) is 11.6 Å².